The summed E-state index contributed by atoms with van der Waals surface area (Å²) in [6.07, 6.45) is 7.98. The lowest BCUT2D eigenvalue weighted by atomic mass is 9.79. The molecule has 2 aliphatic rings. The second-order valence-electron chi connectivity index (χ2n) is 6.98. The molecule has 1 aliphatic carbocycles. The summed E-state index contributed by atoms with van der Waals surface area (Å²) in [5.74, 6) is 0.912. The molecule has 1 saturated carbocycles. The molecular formula is C19H30N2. The molecule has 116 valence electrons. The summed E-state index contributed by atoms with van der Waals surface area (Å²) in [5, 5.41) is 3.60. The lowest BCUT2D eigenvalue weighted by Gasteiger charge is -2.46. The zero-order chi connectivity index (χ0) is 14.8. The Kier molecular flexibility index (Phi) is 4.54. The van der Waals surface area contributed by atoms with Crippen LogP contribution in [0.4, 0.5) is 5.69 Å². The highest BCUT2D eigenvalue weighted by Crippen LogP contribution is 2.36. The third-order valence-electron chi connectivity index (χ3n) is 5.66. The first-order valence-electron chi connectivity index (χ1n) is 8.76. The molecule has 0 bridgehead atoms. The van der Waals surface area contributed by atoms with Crippen LogP contribution in [0.25, 0.3) is 0 Å². The van der Waals surface area contributed by atoms with Crippen LogP contribution < -0.4 is 10.2 Å². The monoisotopic (exact) mass is 286 g/mol. The number of nitrogens with one attached hydrogen (secondary N) is 1. The fraction of sp³-hybridized carbons (Fsp3) is 0.684. The smallest absolute Gasteiger partial charge is 0.0445 e. The van der Waals surface area contributed by atoms with Crippen molar-refractivity contribution >= 4 is 5.69 Å². The van der Waals surface area contributed by atoms with E-state index < -0.39 is 0 Å². The van der Waals surface area contributed by atoms with Crippen LogP contribution in [-0.4, -0.2) is 25.7 Å². The van der Waals surface area contributed by atoms with Gasteiger partial charge in [0.15, 0.2) is 0 Å². The van der Waals surface area contributed by atoms with E-state index in [1.807, 2.05) is 0 Å². The molecule has 1 aliphatic heterocycles. The molecule has 1 fully saturated rings. The van der Waals surface area contributed by atoms with Crippen molar-refractivity contribution in [2.45, 2.75) is 64.5 Å². The Bertz CT molecular complexity index is 482. The van der Waals surface area contributed by atoms with Gasteiger partial charge in [-0.25, -0.2) is 0 Å². The van der Waals surface area contributed by atoms with Crippen molar-refractivity contribution in [2.24, 2.45) is 5.92 Å². The molecule has 0 aromatic heterocycles. The average molecular weight is 286 g/mol. The van der Waals surface area contributed by atoms with Crippen LogP contribution >= 0.6 is 0 Å². The number of fused-ring (bicyclic) bond motifs is 1. The molecule has 21 heavy (non-hydrogen) atoms. The Balaban J connectivity index is 1.88. The number of hydrogen-bond acceptors (Lipinski definition) is 2. The molecule has 0 radical (unpaired) electrons. The maximum absolute atomic E-state index is 3.60. The number of rotatable bonds is 3. The van der Waals surface area contributed by atoms with E-state index in [4.69, 9.17) is 0 Å². The molecule has 1 heterocycles. The number of nitrogens with zero attached hydrogens (tertiary/aromatic N) is 1. The molecule has 1 N–H and O–H groups in total. The Morgan fingerprint density at radius 1 is 1.29 bits per heavy atom. The van der Waals surface area contributed by atoms with E-state index >= 15 is 0 Å². The van der Waals surface area contributed by atoms with Crippen LogP contribution in [0.5, 0.6) is 0 Å². The average Bonchev–Trinajstić information content (AvgIpc) is 2.53. The van der Waals surface area contributed by atoms with Crippen molar-refractivity contribution in [3.63, 3.8) is 0 Å². The van der Waals surface area contributed by atoms with Crippen LogP contribution in [-0.2, 0) is 6.42 Å². The molecule has 0 spiro atoms. The summed E-state index contributed by atoms with van der Waals surface area (Å²) in [6.45, 7) is 5.80. The third-order valence-corrected chi connectivity index (χ3v) is 5.66. The topological polar surface area (TPSA) is 15.3 Å². The van der Waals surface area contributed by atoms with Crippen LogP contribution in [0.15, 0.2) is 18.2 Å². The van der Waals surface area contributed by atoms with Crippen molar-refractivity contribution < 1.29 is 0 Å². The quantitative estimate of drug-likeness (QED) is 0.906. The lowest BCUT2D eigenvalue weighted by molar-refractivity contribution is 0.248. The summed E-state index contributed by atoms with van der Waals surface area (Å²) >= 11 is 0. The van der Waals surface area contributed by atoms with E-state index in [2.05, 4.69) is 49.3 Å². The van der Waals surface area contributed by atoms with Gasteiger partial charge in [-0.05, 0) is 63.6 Å². The Labute approximate surface area is 129 Å². The van der Waals surface area contributed by atoms with E-state index in [0.29, 0.717) is 12.1 Å². The fourth-order valence-electron chi connectivity index (χ4n) is 4.38. The first kappa shape index (κ1) is 14.9. The molecule has 1 aromatic rings. The predicted octanol–water partition coefficient (Wildman–Crippen LogP) is 3.91. The van der Waals surface area contributed by atoms with Crippen LogP contribution in [0.2, 0.25) is 0 Å². The van der Waals surface area contributed by atoms with Gasteiger partial charge in [0.25, 0.3) is 0 Å². The number of anilines is 1. The minimum atomic E-state index is 0.653. The molecule has 3 atom stereocenters. The summed E-state index contributed by atoms with van der Waals surface area (Å²) < 4.78 is 0. The summed E-state index contributed by atoms with van der Waals surface area (Å²) in [4.78, 5) is 2.72. The van der Waals surface area contributed by atoms with Gasteiger partial charge in [-0.15, -0.1) is 0 Å². The molecule has 3 unspecified atom stereocenters. The third kappa shape index (κ3) is 2.96. The van der Waals surface area contributed by atoms with E-state index in [9.17, 15) is 0 Å². The Hall–Kier alpha value is -1.02. The van der Waals surface area contributed by atoms with E-state index in [1.54, 1.807) is 5.56 Å². The van der Waals surface area contributed by atoms with Crippen LogP contribution in [0, 0.1) is 12.8 Å². The van der Waals surface area contributed by atoms with Gasteiger partial charge >= 0.3 is 0 Å². The zero-order valence-electron chi connectivity index (χ0n) is 13.9. The molecule has 3 rings (SSSR count). The molecule has 0 amide bonds. The van der Waals surface area contributed by atoms with Gasteiger partial charge in [-0.2, -0.15) is 0 Å². The first-order valence-corrected chi connectivity index (χ1v) is 8.76. The normalized spacial score (nSPS) is 29.3. The molecule has 2 nitrogen and oxygen atoms in total. The number of aryl methyl sites for hydroxylation is 2. The first-order chi connectivity index (χ1) is 10.2. The SMILES string of the molecule is CCC1CCC(NC)C(N2CCCc3cc(C)ccc32)C1. The summed E-state index contributed by atoms with van der Waals surface area (Å²) in [7, 11) is 2.14. The minimum absolute atomic E-state index is 0.653. The second kappa shape index (κ2) is 6.39. The Morgan fingerprint density at radius 3 is 2.90 bits per heavy atom. The second-order valence-corrected chi connectivity index (χ2v) is 6.98. The highest BCUT2D eigenvalue weighted by atomic mass is 15.2. The number of hydrogen-bond donors (Lipinski definition) is 1. The maximum atomic E-state index is 3.60. The Morgan fingerprint density at radius 2 is 2.14 bits per heavy atom. The van der Waals surface area contributed by atoms with Crippen molar-refractivity contribution in [1.29, 1.82) is 0 Å². The van der Waals surface area contributed by atoms with Crippen LogP contribution in [0.1, 0.15) is 50.2 Å². The largest absolute Gasteiger partial charge is 0.367 e. The van der Waals surface area contributed by atoms with Gasteiger partial charge in [-0.1, -0.05) is 31.0 Å². The fourth-order valence-corrected chi connectivity index (χ4v) is 4.38. The van der Waals surface area contributed by atoms with Crippen molar-refractivity contribution in [1.82, 2.24) is 5.32 Å². The standard InChI is InChI=1S/C19H30N2/c1-4-15-8-9-17(20-3)19(13-15)21-11-5-6-16-12-14(2)7-10-18(16)21/h7,10,12,15,17,19-20H,4-6,8-9,11,13H2,1-3H3. The van der Waals surface area contributed by atoms with Crippen LogP contribution in [0.3, 0.4) is 0 Å². The minimum Gasteiger partial charge on any atom is -0.367 e. The zero-order valence-corrected chi connectivity index (χ0v) is 13.9. The molecular weight excluding hydrogens is 256 g/mol. The van der Waals surface area contributed by atoms with E-state index in [0.717, 1.165) is 5.92 Å². The number of likely N-dealkylation sites (N-methyl/N-ethyl adjacent to an activating group) is 1. The number of benzene rings is 1. The molecule has 1 aromatic carbocycles. The van der Waals surface area contributed by atoms with Gasteiger partial charge in [0.2, 0.25) is 0 Å². The molecule has 0 saturated heterocycles. The maximum Gasteiger partial charge on any atom is 0.0445 e. The molecule has 2 heteroatoms. The van der Waals surface area contributed by atoms with Gasteiger partial charge in [0.05, 0.1) is 0 Å². The van der Waals surface area contributed by atoms with Crippen molar-refractivity contribution in [2.75, 3.05) is 18.5 Å². The van der Waals surface area contributed by atoms with Crippen molar-refractivity contribution in [3.05, 3.63) is 29.3 Å². The van der Waals surface area contributed by atoms with Gasteiger partial charge < -0.3 is 10.2 Å². The van der Waals surface area contributed by atoms with Gasteiger partial charge in [0.1, 0.15) is 0 Å². The van der Waals surface area contributed by atoms with E-state index in [-0.39, 0.29) is 0 Å². The summed E-state index contributed by atoms with van der Waals surface area (Å²) in [6, 6.07) is 8.38. The van der Waals surface area contributed by atoms with Crippen molar-refractivity contribution in [3.8, 4) is 0 Å². The highest BCUT2D eigenvalue weighted by molar-refractivity contribution is 5.57. The van der Waals surface area contributed by atoms with E-state index in [1.165, 1.54) is 56.3 Å². The predicted molar refractivity (Wildman–Crippen MR) is 91.1 cm³/mol. The van der Waals surface area contributed by atoms with Gasteiger partial charge in [0, 0.05) is 24.3 Å². The van der Waals surface area contributed by atoms with Gasteiger partial charge in [-0.3, -0.25) is 0 Å². The lowest BCUT2D eigenvalue weighted by Crippen LogP contribution is -2.54. The summed E-state index contributed by atoms with van der Waals surface area (Å²) in [5.41, 5.74) is 4.47. The highest BCUT2D eigenvalue weighted by Gasteiger charge is 2.34.